The molecule has 23 heavy (non-hydrogen) atoms. The molecule has 1 aromatic heterocycles. The lowest BCUT2D eigenvalue weighted by atomic mass is 9.87. The van der Waals surface area contributed by atoms with Crippen LogP contribution in [-0.4, -0.2) is 21.7 Å². The summed E-state index contributed by atoms with van der Waals surface area (Å²) >= 11 is 0. The van der Waals surface area contributed by atoms with Crippen molar-refractivity contribution < 1.29 is 9.90 Å². The molecule has 2 N–H and O–H groups in total. The molecule has 1 heterocycles. The van der Waals surface area contributed by atoms with Gasteiger partial charge in [-0.15, -0.1) is 0 Å². The van der Waals surface area contributed by atoms with Crippen molar-refractivity contribution in [3.63, 3.8) is 0 Å². The SMILES string of the molecule is Cc1ccc2c(CNC3CCC(C)CC3)c(C(=O)O)n(C)c2c1. The highest BCUT2D eigenvalue weighted by Crippen LogP contribution is 2.28. The van der Waals surface area contributed by atoms with Gasteiger partial charge < -0.3 is 15.0 Å². The molecule has 0 spiro atoms. The third-order valence-electron chi connectivity index (χ3n) is 5.25. The first-order valence-electron chi connectivity index (χ1n) is 8.52. The Kier molecular flexibility index (Phi) is 4.44. The summed E-state index contributed by atoms with van der Waals surface area (Å²) in [6.07, 6.45) is 4.90. The number of hydrogen-bond acceptors (Lipinski definition) is 2. The number of aromatic carboxylic acids is 1. The summed E-state index contributed by atoms with van der Waals surface area (Å²) in [6, 6.07) is 6.68. The molecule has 4 heteroatoms. The topological polar surface area (TPSA) is 54.3 Å². The van der Waals surface area contributed by atoms with Crippen molar-refractivity contribution in [2.75, 3.05) is 0 Å². The number of aryl methyl sites for hydroxylation is 2. The molecule has 0 aliphatic heterocycles. The van der Waals surface area contributed by atoms with E-state index in [1.165, 1.54) is 25.7 Å². The molecule has 1 aliphatic rings. The normalized spacial score (nSPS) is 21.7. The number of carboxylic acid groups (broad SMARTS) is 1. The smallest absolute Gasteiger partial charge is 0.352 e. The standard InChI is InChI=1S/C19H26N2O2/c1-12-4-7-14(8-5-12)20-11-16-15-9-6-13(2)10-17(15)21(3)18(16)19(22)23/h6,9-10,12,14,20H,4-5,7-8,11H2,1-3H3,(H,22,23). The first kappa shape index (κ1) is 16.1. The Bertz CT molecular complexity index is 725. The van der Waals surface area contributed by atoms with Gasteiger partial charge >= 0.3 is 5.97 Å². The molecule has 4 nitrogen and oxygen atoms in total. The van der Waals surface area contributed by atoms with Crippen LogP contribution in [-0.2, 0) is 13.6 Å². The van der Waals surface area contributed by atoms with Gasteiger partial charge in [-0.25, -0.2) is 4.79 Å². The predicted octanol–water partition coefficient (Wildman–Crippen LogP) is 3.85. The van der Waals surface area contributed by atoms with Crippen LogP contribution in [0.15, 0.2) is 18.2 Å². The summed E-state index contributed by atoms with van der Waals surface area (Å²) in [5.74, 6) is -0.0291. The van der Waals surface area contributed by atoms with Gasteiger partial charge in [0.2, 0.25) is 0 Å². The zero-order valence-electron chi connectivity index (χ0n) is 14.2. The van der Waals surface area contributed by atoms with Crippen molar-refractivity contribution in [2.45, 2.75) is 52.1 Å². The summed E-state index contributed by atoms with van der Waals surface area (Å²) in [5, 5.41) is 14.3. The second-order valence-corrected chi connectivity index (χ2v) is 7.05. The Hall–Kier alpha value is -1.81. The van der Waals surface area contributed by atoms with Gasteiger partial charge in [-0.05, 0) is 50.2 Å². The minimum Gasteiger partial charge on any atom is -0.477 e. The molecular weight excluding hydrogens is 288 g/mol. The molecule has 0 saturated heterocycles. The van der Waals surface area contributed by atoms with Crippen LogP contribution in [0.3, 0.4) is 0 Å². The van der Waals surface area contributed by atoms with Gasteiger partial charge in [0.1, 0.15) is 5.69 Å². The van der Waals surface area contributed by atoms with Gasteiger partial charge in [0.05, 0.1) is 0 Å². The quantitative estimate of drug-likeness (QED) is 0.901. The van der Waals surface area contributed by atoms with Crippen LogP contribution in [0.2, 0.25) is 0 Å². The highest BCUT2D eigenvalue weighted by Gasteiger charge is 2.22. The maximum absolute atomic E-state index is 11.7. The van der Waals surface area contributed by atoms with Gasteiger partial charge in [0.25, 0.3) is 0 Å². The molecule has 0 amide bonds. The number of carbonyl (C=O) groups is 1. The Morgan fingerprint density at radius 2 is 2.00 bits per heavy atom. The first-order valence-corrected chi connectivity index (χ1v) is 8.52. The van der Waals surface area contributed by atoms with E-state index in [9.17, 15) is 9.90 Å². The second kappa shape index (κ2) is 6.36. The zero-order valence-corrected chi connectivity index (χ0v) is 14.2. The number of aromatic nitrogens is 1. The third-order valence-corrected chi connectivity index (χ3v) is 5.25. The molecule has 124 valence electrons. The second-order valence-electron chi connectivity index (χ2n) is 7.05. The molecule has 0 atom stereocenters. The van der Waals surface area contributed by atoms with Crippen molar-refractivity contribution in [3.8, 4) is 0 Å². The lowest BCUT2D eigenvalue weighted by Crippen LogP contribution is -2.32. The van der Waals surface area contributed by atoms with Crippen molar-refractivity contribution in [1.29, 1.82) is 0 Å². The van der Waals surface area contributed by atoms with E-state index in [2.05, 4.69) is 30.4 Å². The van der Waals surface area contributed by atoms with Gasteiger partial charge in [-0.2, -0.15) is 0 Å². The van der Waals surface area contributed by atoms with Crippen LogP contribution in [0.4, 0.5) is 0 Å². The average Bonchev–Trinajstić information content (AvgIpc) is 2.79. The lowest BCUT2D eigenvalue weighted by Gasteiger charge is -2.27. The number of rotatable bonds is 4. The van der Waals surface area contributed by atoms with E-state index < -0.39 is 5.97 Å². The van der Waals surface area contributed by atoms with E-state index >= 15 is 0 Å². The molecule has 1 saturated carbocycles. The van der Waals surface area contributed by atoms with Crippen molar-refractivity contribution >= 4 is 16.9 Å². The summed E-state index contributed by atoms with van der Waals surface area (Å²) in [5.41, 5.74) is 3.46. The van der Waals surface area contributed by atoms with Gasteiger partial charge in [-0.3, -0.25) is 0 Å². The highest BCUT2D eigenvalue weighted by atomic mass is 16.4. The summed E-state index contributed by atoms with van der Waals surface area (Å²) in [7, 11) is 1.84. The lowest BCUT2D eigenvalue weighted by molar-refractivity contribution is 0.0685. The summed E-state index contributed by atoms with van der Waals surface area (Å²) < 4.78 is 1.81. The molecule has 1 aliphatic carbocycles. The molecule has 0 bridgehead atoms. The van der Waals surface area contributed by atoms with E-state index in [4.69, 9.17) is 0 Å². The molecule has 0 radical (unpaired) electrons. The van der Waals surface area contributed by atoms with Gasteiger partial charge in [-0.1, -0.05) is 19.1 Å². The fourth-order valence-corrected chi connectivity index (χ4v) is 3.79. The number of fused-ring (bicyclic) bond motifs is 1. The molecular formula is C19H26N2O2. The number of benzene rings is 1. The Balaban J connectivity index is 1.89. The number of nitrogens with zero attached hydrogens (tertiary/aromatic N) is 1. The predicted molar refractivity (Wildman–Crippen MR) is 92.9 cm³/mol. The van der Waals surface area contributed by atoms with Crippen LogP contribution >= 0.6 is 0 Å². The minimum absolute atomic E-state index is 0.405. The van der Waals surface area contributed by atoms with Crippen LogP contribution in [0.5, 0.6) is 0 Å². The summed E-state index contributed by atoms with van der Waals surface area (Å²) in [4.78, 5) is 11.7. The van der Waals surface area contributed by atoms with E-state index in [0.29, 0.717) is 18.3 Å². The third kappa shape index (κ3) is 3.13. The molecule has 1 aromatic carbocycles. The maximum atomic E-state index is 11.7. The van der Waals surface area contributed by atoms with Crippen molar-refractivity contribution in [3.05, 3.63) is 35.0 Å². The number of hydrogen-bond donors (Lipinski definition) is 2. The van der Waals surface area contributed by atoms with Crippen LogP contribution in [0, 0.1) is 12.8 Å². The largest absolute Gasteiger partial charge is 0.477 e. The zero-order chi connectivity index (χ0) is 16.6. The van der Waals surface area contributed by atoms with Crippen LogP contribution in [0.25, 0.3) is 10.9 Å². The average molecular weight is 314 g/mol. The molecule has 1 fully saturated rings. The fourth-order valence-electron chi connectivity index (χ4n) is 3.79. The number of carboxylic acids is 1. The van der Waals surface area contributed by atoms with E-state index in [1.807, 2.05) is 18.5 Å². The number of nitrogens with one attached hydrogen (secondary N) is 1. The monoisotopic (exact) mass is 314 g/mol. The first-order chi connectivity index (χ1) is 11.0. The summed E-state index contributed by atoms with van der Waals surface area (Å²) in [6.45, 7) is 4.97. The Morgan fingerprint density at radius 1 is 1.30 bits per heavy atom. The minimum atomic E-state index is -0.851. The molecule has 2 aromatic rings. The van der Waals surface area contributed by atoms with E-state index in [1.54, 1.807) is 0 Å². The Labute approximate surface area is 137 Å². The Morgan fingerprint density at radius 3 is 2.65 bits per heavy atom. The maximum Gasteiger partial charge on any atom is 0.352 e. The van der Waals surface area contributed by atoms with Crippen molar-refractivity contribution in [1.82, 2.24) is 9.88 Å². The van der Waals surface area contributed by atoms with E-state index in [-0.39, 0.29) is 0 Å². The van der Waals surface area contributed by atoms with Crippen molar-refractivity contribution in [2.24, 2.45) is 13.0 Å². The van der Waals surface area contributed by atoms with Gasteiger partial charge in [0.15, 0.2) is 0 Å². The van der Waals surface area contributed by atoms with Gasteiger partial charge in [0, 0.05) is 36.1 Å². The van der Waals surface area contributed by atoms with Crippen LogP contribution in [0.1, 0.15) is 54.2 Å². The van der Waals surface area contributed by atoms with E-state index in [0.717, 1.165) is 27.9 Å². The fraction of sp³-hybridized carbons (Fsp3) is 0.526. The molecule has 0 unspecified atom stereocenters. The molecule has 3 rings (SSSR count). The highest BCUT2D eigenvalue weighted by molar-refractivity contribution is 5.98. The van der Waals surface area contributed by atoms with Crippen LogP contribution < -0.4 is 5.32 Å².